The molecule has 2 N–H and O–H groups in total. The molecule has 104 valence electrons. The number of fused-ring (bicyclic) bond motifs is 1. The van der Waals surface area contributed by atoms with Crippen molar-refractivity contribution in [3.05, 3.63) is 29.5 Å². The first-order valence-corrected chi connectivity index (χ1v) is 7.61. The first kappa shape index (κ1) is 14.3. The average molecular weight is 304 g/mol. The molecule has 0 aliphatic heterocycles. The molecule has 0 spiro atoms. The van der Waals surface area contributed by atoms with E-state index in [1.807, 2.05) is 0 Å². The number of hydrogen-bond donors (Lipinski definition) is 2. The summed E-state index contributed by atoms with van der Waals surface area (Å²) in [5, 5.41) is 8.88. The lowest BCUT2D eigenvalue weighted by Crippen LogP contribution is -2.37. The van der Waals surface area contributed by atoms with E-state index in [-0.39, 0.29) is 16.8 Å². The van der Waals surface area contributed by atoms with E-state index < -0.39 is 16.1 Å². The van der Waals surface area contributed by atoms with Gasteiger partial charge in [-0.2, -0.15) is 0 Å². The third kappa shape index (κ3) is 2.74. The highest BCUT2D eigenvalue weighted by Gasteiger charge is 2.26. The van der Waals surface area contributed by atoms with Crippen LogP contribution in [0.15, 0.2) is 29.4 Å². The van der Waals surface area contributed by atoms with E-state index in [1.165, 1.54) is 4.40 Å². The number of sulfonamides is 1. The average Bonchev–Trinajstić information content (AvgIpc) is 2.72. The van der Waals surface area contributed by atoms with Gasteiger partial charge >= 0.3 is 0 Å². The zero-order valence-electron chi connectivity index (χ0n) is 10.2. The lowest BCUT2D eigenvalue weighted by atomic mass is 10.3. The molecule has 0 saturated heterocycles. The molecule has 0 unspecified atom stereocenters. The van der Waals surface area contributed by atoms with Crippen LogP contribution in [-0.2, 0) is 10.0 Å². The number of nitrogens with zero attached hydrogens (tertiary/aromatic N) is 2. The summed E-state index contributed by atoms with van der Waals surface area (Å²) in [6.45, 7) is 1.50. The summed E-state index contributed by atoms with van der Waals surface area (Å²) in [7, 11) is -3.84. The molecule has 2 rings (SSSR count). The molecular weight excluding hydrogens is 290 g/mol. The third-order valence-corrected chi connectivity index (χ3v) is 4.65. The fourth-order valence-corrected chi connectivity index (χ4v) is 3.66. The van der Waals surface area contributed by atoms with E-state index in [1.54, 1.807) is 31.3 Å². The van der Waals surface area contributed by atoms with E-state index in [4.69, 9.17) is 16.7 Å². The second-order valence-electron chi connectivity index (χ2n) is 4.05. The Kier molecular flexibility index (Phi) is 4.10. The molecule has 0 aliphatic rings. The Balaban J connectivity index is 2.51. The Morgan fingerprint density at radius 1 is 1.53 bits per heavy atom. The molecule has 0 amide bonds. The molecule has 1 atom stereocenters. The number of halogens is 1. The highest BCUT2D eigenvalue weighted by atomic mass is 35.5. The summed E-state index contributed by atoms with van der Waals surface area (Å²) in [5.41, 5.74) is 0.449. The van der Waals surface area contributed by atoms with Crippen LogP contribution < -0.4 is 4.72 Å². The monoisotopic (exact) mass is 303 g/mol. The Morgan fingerprint density at radius 2 is 2.26 bits per heavy atom. The molecule has 8 heteroatoms. The molecule has 0 bridgehead atoms. The van der Waals surface area contributed by atoms with Crippen LogP contribution in [0.25, 0.3) is 5.65 Å². The van der Waals surface area contributed by atoms with Crippen LogP contribution in [0.1, 0.15) is 13.3 Å². The van der Waals surface area contributed by atoms with Gasteiger partial charge < -0.3 is 5.11 Å². The van der Waals surface area contributed by atoms with Crippen LogP contribution in [0.2, 0.25) is 5.15 Å². The number of aliphatic hydroxyl groups excluding tert-OH is 1. The molecule has 0 radical (unpaired) electrons. The third-order valence-electron chi connectivity index (χ3n) is 2.74. The van der Waals surface area contributed by atoms with E-state index in [0.29, 0.717) is 12.1 Å². The van der Waals surface area contributed by atoms with Gasteiger partial charge in [-0.05, 0) is 18.6 Å². The van der Waals surface area contributed by atoms with Crippen molar-refractivity contribution in [3.63, 3.8) is 0 Å². The van der Waals surface area contributed by atoms with Gasteiger partial charge in [-0.1, -0.05) is 24.6 Å². The van der Waals surface area contributed by atoms with Crippen molar-refractivity contribution < 1.29 is 13.5 Å². The summed E-state index contributed by atoms with van der Waals surface area (Å²) in [5.74, 6) is 0. The topological polar surface area (TPSA) is 83.7 Å². The van der Waals surface area contributed by atoms with Gasteiger partial charge in [0.25, 0.3) is 10.0 Å². The Morgan fingerprint density at radius 3 is 2.89 bits per heavy atom. The SMILES string of the molecule is CC[C@@H](CO)NS(=O)(=O)c1c(Cl)nc2ccccn12. The minimum atomic E-state index is -3.84. The van der Waals surface area contributed by atoms with Crippen LogP contribution in [0, 0.1) is 0 Å². The van der Waals surface area contributed by atoms with Gasteiger partial charge in [0.05, 0.1) is 6.61 Å². The van der Waals surface area contributed by atoms with Crippen LogP contribution in [0.4, 0.5) is 0 Å². The number of aliphatic hydroxyl groups is 1. The van der Waals surface area contributed by atoms with Gasteiger partial charge in [-0.15, -0.1) is 0 Å². The van der Waals surface area contributed by atoms with Gasteiger partial charge in [-0.3, -0.25) is 4.40 Å². The number of pyridine rings is 1. The molecule has 0 fully saturated rings. The smallest absolute Gasteiger partial charge is 0.260 e. The molecule has 2 heterocycles. The molecule has 0 aliphatic carbocycles. The van der Waals surface area contributed by atoms with Crippen LogP contribution >= 0.6 is 11.6 Å². The van der Waals surface area contributed by atoms with Crippen LogP contribution in [0.3, 0.4) is 0 Å². The molecule has 0 aromatic carbocycles. The standard InChI is InChI=1S/C11H14ClN3O3S/c1-2-8(7-16)14-19(17,18)11-10(12)13-9-5-3-4-6-15(9)11/h3-6,8,14,16H,2,7H2,1H3/t8-/m0/s1. The number of aromatic nitrogens is 2. The molecule has 6 nitrogen and oxygen atoms in total. The van der Waals surface area contributed by atoms with Crippen molar-refractivity contribution in [1.29, 1.82) is 0 Å². The van der Waals surface area contributed by atoms with Gasteiger partial charge in [0.1, 0.15) is 5.65 Å². The van der Waals surface area contributed by atoms with Crippen molar-refractivity contribution >= 4 is 27.3 Å². The number of hydrogen-bond acceptors (Lipinski definition) is 4. The summed E-state index contributed by atoms with van der Waals surface area (Å²) >= 11 is 5.91. The van der Waals surface area contributed by atoms with E-state index in [9.17, 15) is 8.42 Å². The van der Waals surface area contributed by atoms with Crippen LogP contribution in [-0.4, -0.2) is 35.6 Å². The number of rotatable bonds is 5. The maximum Gasteiger partial charge on any atom is 0.260 e. The zero-order valence-corrected chi connectivity index (χ0v) is 11.8. The van der Waals surface area contributed by atoms with Gasteiger partial charge in [0.15, 0.2) is 10.2 Å². The van der Waals surface area contributed by atoms with Crippen molar-refractivity contribution in [3.8, 4) is 0 Å². The highest BCUT2D eigenvalue weighted by Crippen LogP contribution is 2.22. The van der Waals surface area contributed by atoms with Crippen molar-refractivity contribution in [1.82, 2.24) is 14.1 Å². The maximum absolute atomic E-state index is 12.3. The minimum absolute atomic E-state index is 0.0912. The summed E-state index contributed by atoms with van der Waals surface area (Å²) in [6.07, 6.45) is 2.05. The summed E-state index contributed by atoms with van der Waals surface area (Å²) in [6, 6.07) is 4.54. The van der Waals surface area contributed by atoms with Gasteiger partial charge in [0.2, 0.25) is 0 Å². The number of imidazole rings is 1. The predicted octanol–water partition coefficient (Wildman–Crippen LogP) is 1.04. The van der Waals surface area contributed by atoms with Crippen molar-refractivity contribution in [2.24, 2.45) is 0 Å². The lowest BCUT2D eigenvalue weighted by molar-refractivity contribution is 0.253. The predicted molar refractivity (Wildman–Crippen MR) is 71.7 cm³/mol. The molecule has 0 saturated carbocycles. The van der Waals surface area contributed by atoms with Gasteiger partial charge in [0, 0.05) is 12.2 Å². The lowest BCUT2D eigenvalue weighted by Gasteiger charge is -2.14. The van der Waals surface area contributed by atoms with E-state index in [2.05, 4.69) is 9.71 Å². The highest BCUT2D eigenvalue weighted by molar-refractivity contribution is 7.89. The molecule has 19 heavy (non-hydrogen) atoms. The largest absolute Gasteiger partial charge is 0.395 e. The Bertz CT molecular complexity index is 680. The molecule has 2 aromatic heterocycles. The first-order valence-electron chi connectivity index (χ1n) is 5.75. The summed E-state index contributed by atoms with van der Waals surface area (Å²) < 4.78 is 28.4. The van der Waals surface area contributed by atoms with Gasteiger partial charge in [-0.25, -0.2) is 18.1 Å². The fraction of sp³-hybridized carbons (Fsp3) is 0.364. The Hall–Kier alpha value is -1.15. The summed E-state index contributed by atoms with van der Waals surface area (Å²) in [4.78, 5) is 3.99. The fourth-order valence-electron chi connectivity index (χ4n) is 1.71. The van der Waals surface area contributed by atoms with E-state index >= 15 is 0 Å². The van der Waals surface area contributed by atoms with Crippen LogP contribution in [0.5, 0.6) is 0 Å². The van der Waals surface area contributed by atoms with E-state index in [0.717, 1.165) is 0 Å². The second-order valence-corrected chi connectivity index (χ2v) is 6.03. The molecular formula is C11H14ClN3O3S. The minimum Gasteiger partial charge on any atom is -0.395 e. The maximum atomic E-state index is 12.3. The normalized spacial score (nSPS) is 13.8. The number of nitrogens with one attached hydrogen (secondary N) is 1. The molecule has 2 aromatic rings. The van der Waals surface area contributed by atoms with Crippen molar-refractivity contribution in [2.45, 2.75) is 24.4 Å². The quantitative estimate of drug-likeness (QED) is 0.864. The van der Waals surface area contributed by atoms with Crippen molar-refractivity contribution in [2.75, 3.05) is 6.61 Å². The second kappa shape index (κ2) is 5.46. The Labute approximate surface area is 116 Å². The zero-order chi connectivity index (χ0) is 14.0. The first-order chi connectivity index (χ1) is 8.99.